The van der Waals surface area contributed by atoms with Crippen molar-refractivity contribution in [2.75, 3.05) is 32.7 Å². The van der Waals surface area contributed by atoms with Crippen LogP contribution in [-0.4, -0.2) is 68.6 Å². The van der Waals surface area contributed by atoms with Crippen molar-refractivity contribution in [3.63, 3.8) is 0 Å². The van der Waals surface area contributed by atoms with Gasteiger partial charge in [-0.2, -0.15) is 5.26 Å². The van der Waals surface area contributed by atoms with Crippen LogP contribution >= 0.6 is 0 Å². The van der Waals surface area contributed by atoms with Crippen LogP contribution in [0.3, 0.4) is 0 Å². The molecule has 8 heteroatoms. The molecule has 3 aromatic rings. The van der Waals surface area contributed by atoms with Crippen molar-refractivity contribution in [1.82, 2.24) is 30.0 Å². The maximum Gasteiger partial charge on any atom is 0.227 e. The van der Waals surface area contributed by atoms with E-state index in [1.807, 2.05) is 53.4 Å². The Morgan fingerprint density at radius 3 is 2.30 bits per heavy atom. The average molecular weight is 401 g/mol. The lowest BCUT2D eigenvalue weighted by Gasteiger charge is -2.34. The fourth-order valence-corrected chi connectivity index (χ4v) is 3.59. The van der Waals surface area contributed by atoms with Gasteiger partial charge in [-0.1, -0.05) is 24.3 Å². The molecule has 0 radical (unpaired) electrons. The number of amides is 1. The van der Waals surface area contributed by atoms with Crippen LogP contribution in [-0.2, 0) is 17.6 Å². The number of hydrogen-bond donors (Lipinski definition) is 0. The Morgan fingerprint density at radius 1 is 0.967 bits per heavy atom. The van der Waals surface area contributed by atoms with Crippen LogP contribution in [0.15, 0.2) is 54.9 Å². The fraction of sp³-hybridized carbons (Fsp3) is 0.318. The molecule has 1 aromatic heterocycles. The maximum atomic E-state index is 12.7. The number of aromatic nitrogens is 4. The second-order valence-corrected chi connectivity index (χ2v) is 7.38. The highest BCUT2D eigenvalue weighted by atomic mass is 16.2. The summed E-state index contributed by atoms with van der Waals surface area (Å²) in [6.45, 7) is 4.26. The van der Waals surface area contributed by atoms with Crippen molar-refractivity contribution < 1.29 is 4.79 Å². The van der Waals surface area contributed by atoms with Gasteiger partial charge >= 0.3 is 0 Å². The summed E-state index contributed by atoms with van der Waals surface area (Å²) < 4.78 is 1.59. The molecule has 1 aliphatic rings. The van der Waals surface area contributed by atoms with E-state index in [-0.39, 0.29) is 5.91 Å². The molecule has 152 valence electrons. The van der Waals surface area contributed by atoms with Gasteiger partial charge in [0.25, 0.3) is 0 Å². The number of benzene rings is 2. The number of carbonyl (C=O) groups is 1. The summed E-state index contributed by atoms with van der Waals surface area (Å²) in [5, 5.41) is 20.0. The molecule has 8 nitrogen and oxygen atoms in total. The predicted molar refractivity (Wildman–Crippen MR) is 111 cm³/mol. The lowest BCUT2D eigenvalue weighted by molar-refractivity contribution is -0.132. The smallest absolute Gasteiger partial charge is 0.227 e. The van der Waals surface area contributed by atoms with Crippen molar-refractivity contribution in [3.05, 3.63) is 71.5 Å². The number of rotatable bonds is 6. The highest BCUT2D eigenvalue weighted by molar-refractivity contribution is 5.79. The highest BCUT2D eigenvalue weighted by Gasteiger charge is 2.21. The molecule has 1 amide bonds. The summed E-state index contributed by atoms with van der Waals surface area (Å²) in [6.07, 6.45) is 2.90. The molecule has 1 saturated heterocycles. The number of carbonyl (C=O) groups excluding carboxylic acids is 1. The Bertz CT molecular complexity index is 999. The molecule has 0 saturated carbocycles. The van der Waals surface area contributed by atoms with Crippen LogP contribution in [0.1, 0.15) is 16.7 Å². The minimum atomic E-state index is 0.164. The largest absolute Gasteiger partial charge is 0.340 e. The molecule has 0 bridgehead atoms. The van der Waals surface area contributed by atoms with Gasteiger partial charge < -0.3 is 4.90 Å². The molecule has 1 aliphatic heterocycles. The summed E-state index contributed by atoms with van der Waals surface area (Å²) in [7, 11) is 0. The second kappa shape index (κ2) is 9.29. The van der Waals surface area contributed by atoms with Crippen LogP contribution in [0.5, 0.6) is 0 Å². The van der Waals surface area contributed by atoms with Gasteiger partial charge in [-0.3, -0.25) is 9.69 Å². The molecule has 1 fully saturated rings. The van der Waals surface area contributed by atoms with E-state index in [2.05, 4.69) is 26.5 Å². The van der Waals surface area contributed by atoms with Gasteiger partial charge in [-0.05, 0) is 52.2 Å². The molecular weight excluding hydrogens is 378 g/mol. The molecule has 0 unspecified atom stereocenters. The van der Waals surface area contributed by atoms with Gasteiger partial charge in [-0.15, -0.1) is 5.10 Å². The van der Waals surface area contributed by atoms with Gasteiger partial charge in [0.05, 0.1) is 23.7 Å². The van der Waals surface area contributed by atoms with Crippen LogP contribution in [0, 0.1) is 11.3 Å². The van der Waals surface area contributed by atoms with E-state index in [1.54, 1.807) is 11.0 Å². The molecule has 4 rings (SSSR count). The molecule has 30 heavy (non-hydrogen) atoms. The molecule has 2 heterocycles. The van der Waals surface area contributed by atoms with Gasteiger partial charge in [0.15, 0.2) is 0 Å². The molecule has 0 spiro atoms. The molecule has 2 aromatic carbocycles. The summed E-state index contributed by atoms with van der Waals surface area (Å²) in [6, 6.07) is 17.6. The van der Waals surface area contributed by atoms with Crippen molar-refractivity contribution in [1.29, 1.82) is 5.26 Å². The first-order chi connectivity index (χ1) is 14.7. The lowest BCUT2D eigenvalue weighted by atomic mass is 10.1. The third-order valence-electron chi connectivity index (χ3n) is 5.43. The van der Waals surface area contributed by atoms with Crippen molar-refractivity contribution in [2.45, 2.75) is 12.8 Å². The van der Waals surface area contributed by atoms with Crippen LogP contribution < -0.4 is 0 Å². The summed E-state index contributed by atoms with van der Waals surface area (Å²) in [4.78, 5) is 17.0. The van der Waals surface area contributed by atoms with Crippen LogP contribution in [0.4, 0.5) is 0 Å². The first-order valence-corrected chi connectivity index (χ1v) is 10.0. The van der Waals surface area contributed by atoms with E-state index < -0.39 is 0 Å². The van der Waals surface area contributed by atoms with E-state index >= 15 is 0 Å². The van der Waals surface area contributed by atoms with Crippen LogP contribution in [0.25, 0.3) is 5.69 Å². The van der Waals surface area contributed by atoms with Gasteiger partial charge in [-0.25, -0.2) is 4.68 Å². The summed E-state index contributed by atoms with van der Waals surface area (Å²) in [5.41, 5.74) is 3.78. The highest BCUT2D eigenvalue weighted by Crippen LogP contribution is 2.12. The van der Waals surface area contributed by atoms with E-state index in [9.17, 15) is 4.79 Å². The number of hydrogen-bond acceptors (Lipinski definition) is 6. The monoisotopic (exact) mass is 401 g/mol. The third kappa shape index (κ3) is 4.88. The zero-order chi connectivity index (χ0) is 20.8. The Kier molecular flexibility index (Phi) is 6.11. The third-order valence-corrected chi connectivity index (χ3v) is 5.43. The van der Waals surface area contributed by atoms with Crippen molar-refractivity contribution >= 4 is 5.91 Å². The molecule has 0 aliphatic carbocycles. The number of tetrazole rings is 1. The lowest BCUT2D eigenvalue weighted by Crippen LogP contribution is -2.49. The topological polar surface area (TPSA) is 90.9 Å². The van der Waals surface area contributed by atoms with E-state index in [1.165, 1.54) is 5.56 Å². The standard InChI is InChI=1S/C22H23N7O/c23-16-20-3-1-18(2-4-20)9-10-27-11-13-28(14-12-27)22(30)15-19-5-7-21(8-6-19)29-17-24-25-26-29/h1-8,17H,9-15H2. The van der Waals surface area contributed by atoms with Gasteiger partial charge in [0.1, 0.15) is 6.33 Å². The van der Waals surface area contributed by atoms with E-state index in [0.717, 1.165) is 50.4 Å². The Morgan fingerprint density at radius 2 is 1.67 bits per heavy atom. The fourth-order valence-electron chi connectivity index (χ4n) is 3.59. The first kappa shape index (κ1) is 19.7. The normalized spacial score (nSPS) is 14.4. The summed E-state index contributed by atoms with van der Waals surface area (Å²) in [5.74, 6) is 0.164. The Labute approximate surface area is 175 Å². The number of piperazine rings is 1. The number of nitriles is 1. The Hall–Kier alpha value is -3.57. The van der Waals surface area contributed by atoms with Crippen molar-refractivity contribution in [3.8, 4) is 11.8 Å². The average Bonchev–Trinajstić information content (AvgIpc) is 3.34. The zero-order valence-corrected chi connectivity index (χ0v) is 16.7. The van der Waals surface area contributed by atoms with Crippen molar-refractivity contribution in [2.24, 2.45) is 0 Å². The van der Waals surface area contributed by atoms with E-state index in [4.69, 9.17) is 5.26 Å². The minimum absolute atomic E-state index is 0.164. The quantitative estimate of drug-likeness (QED) is 0.621. The zero-order valence-electron chi connectivity index (χ0n) is 16.7. The molecular formula is C22H23N7O. The Balaban J connectivity index is 1.22. The summed E-state index contributed by atoms with van der Waals surface area (Å²) >= 11 is 0. The number of nitrogens with zero attached hydrogens (tertiary/aromatic N) is 7. The minimum Gasteiger partial charge on any atom is -0.340 e. The second-order valence-electron chi connectivity index (χ2n) is 7.38. The SMILES string of the molecule is N#Cc1ccc(CCN2CCN(C(=O)Cc3ccc(-n4cnnn4)cc3)CC2)cc1. The molecule has 0 N–H and O–H groups in total. The molecule has 0 atom stereocenters. The van der Waals surface area contributed by atoms with Gasteiger partial charge in [0, 0.05) is 32.7 Å². The maximum absolute atomic E-state index is 12.7. The van der Waals surface area contributed by atoms with E-state index in [0.29, 0.717) is 12.0 Å². The predicted octanol–water partition coefficient (Wildman–Crippen LogP) is 1.46. The van der Waals surface area contributed by atoms with Crippen LogP contribution in [0.2, 0.25) is 0 Å². The first-order valence-electron chi connectivity index (χ1n) is 10.0. The van der Waals surface area contributed by atoms with Gasteiger partial charge in [0.2, 0.25) is 5.91 Å².